The van der Waals surface area contributed by atoms with Gasteiger partial charge in [-0.2, -0.15) is 0 Å². The van der Waals surface area contributed by atoms with Gasteiger partial charge in [0.05, 0.1) is 17.0 Å². The van der Waals surface area contributed by atoms with Crippen LogP contribution >= 0.6 is 23.2 Å². The minimum absolute atomic E-state index is 0.0328. The second-order valence-corrected chi connectivity index (χ2v) is 10.8. The van der Waals surface area contributed by atoms with Gasteiger partial charge in [0.25, 0.3) is 0 Å². The molecule has 0 radical (unpaired) electrons. The van der Waals surface area contributed by atoms with Crippen molar-refractivity contribution in [2.75, 3.05) is 17.1 Å². The highest BCUT2D eigenvalue weighted by Gasteiger charge is 2.30. The van der Waals surface area contributed by atoms with E-state index >= 15 is 0 Å². The molecule has 0 saturated carbocycles. The SMILES string of the molecule is CC[C@@H](C)NC(=O)[C@@H](C)N(Cc1ccc(Cl)cc1)C(=O)CN(c1ccc(F)c(Cl)c1)S(C)(=O)=O. The fourth-order valence-electron chi connectivity index (χ4n) is 3.09. The van der Waals surface area contributed by atoms with E-state index in [0.717, 1.165) is 22.7 Å². The van der Waals surface area contributed by atoms with Gasteiger partial charge in [0.2, 0.25) is 21.8 Å². The summed E-state index contributed by atoms with van der Waals surface area (Å²) < 4.78 is 39.4. The molecular formula is C23H28Cl2FN3O4S. The number of hydrogen-bond donors (Lipinski definition) is 1. The van der Waals surface area contributed by atoms with Crippen molar-refractivity contribution in [3.05, 3.63) is 63.9 Å². The average Bonchev–Trinajstić information content (AvgIpc) is 2.77. The number of amides is 2. The molecular weight excluding hydrogens is 504 g/mol. The lowest BCUT2D eigenvalue weighted by Crippen LogP contribution is -2.52. The third-order valence-corrected chi connectivity index (χ3v) is 6.99. The zero-order chi connectivity index (χ0) is 25.6. The van der Waals surface area contributed by atoms with Crippen LogP contribution < -0.4 is 9.62 Å². The zero-order valence-corrected chi connectivity index (χ0v) is 21.7. The monoisotopic (exact) mass is 531 g/mol. The molecule has 2 atom stereocenters. The summed E-state index contributed by atoms with van der Waals surface area (Å²) >= 11 is 11.8. The van der Waals surface area contributed by atoms with E-state index in [9.17, 15) is 22.4 Å². The van der Waals surface area contributed by atoms with Crippen LogP contribution in [0.3, 0.4) is 0 Å². The molecule has 0 aliphatic carbocycles. The van der Waals surface area contributed by atoms with Crippen LogP contribution in [0.15, 0.2) is 42.5 Å². The molecule has 2 aromatic rings. The topological polar surface area (TPSA) is 86.8 Å². The summed E-state index contributed by atoms with van der Waals surface area (Å²) in [6, 6.07) is 9.14. The number of nitrogens with one attached hydrogen (secondary N) is 1. The maximum absolute atomic E-state index is 13.6. The maximum Gasteiger partial charge on any atom is 0.244 e. The minimum atomic E-state index is -3.94. The Bertz CT molecular complexity index is 1130. The minimum Gasteiger partial charge on any atom is -0.352 e. The summed E-state index contributed by atoms with van der Waals surface area (Å²) in [6.45, 7) is 4.79. The van der Waals surface area contributed by atoms with Gasteiger partial charge in [-0.3, -0.25) is 13.9 Å². The van der Waals surface area contributed by atoms with Crippen LogP contribution in [-0.4, -0.2) is 50.0 Å². The first-order valence-electron chi connectivity index (χ1n) is 10.6. The summed E-state index contributed by atoms with van der Waals surface area (Å²) in [7, 11) is -3.94. The number of anilines is 1. The Morgan fingerprint density at radius 1 is 1.09 bits per heavy atom. The van der Waals surface area contributed by atoms with Gasteiger partial charge < -0.3 is 10.2 Å². The first kappa shape index (κ1) is 27.9. The van der Waals surface area contributed by atoms with Crippen molar-refractivity contribution >= 4 is 50.7 Å². The lowest BCUT2D eigenvalue weighted by Gasteiger charge is -2.32. The number of halogens is 3. The summed E-state index contributed by atoms with van der Waals surface area (Å²) in [4.78, 5) is 27.5. The zero-order valence-electron chi connectivity index (χ0n) is 19.4. The van der Waals surface area contributed by atoms with Gasteiger partial charge in [-0.1, -0.05) is 42.3 Å². The molecule has 7 nitrogen and oxygen atoms in total. The predicted octanol–water partition coefficient (Wildman–Crippen LogP) is 4.23. The Balaban J connectivity index is 2.39. The molecule has 0 aliphatic heterocycles. The van der Waals surface area contributed by atoms with Crippen LogP contribution in [0.4, 0.5) is 10.1 Å². The van der Waals surface area contributed by atoms with Crippen LogP contribution in [0.25, 0.3) is 0 Å². The summed E-state index contributed by atoms with van der Waals surface area (Å²) in [5, 5.41) is 3.08. The van der Waals surface area contributed by atoms with Gasteiger partial charge in [-0.05, 0) is 56.2 Å². The second-order valence-electron chi connectivity index (χ2n) is 8.01. The van der Waals surface area contributed by atoms with E-state index < -0.39 is 34.3 Å². The van der Waals surface area contributed by atoms with Gasteiger partial charge >= 0.3 is 0 Å². The van der Waals surface area contributed by atoms with Crippen molar-refractivity contribution in [3.8, 4) is 0 Å². The van der Waals surface area contributed by atoms with E-state index in [4.69, 9.17) is 23.2 Å². The lowest BCUT2D eigenvalue weighted by molar-refractivity contribution is -0.139. The first-order chi connectivity index (χ1) is 15.8. The Morgan fingerprint density at radius 3 is 2.24 bits per heavy atom. The number of benzene rings is 2. The highest BCUT2D eigenvalue weighted by atomic mass is 35.5. The fourth-order valence-corrected chi connectivity index (χ4v) is 4.23. The third kappa shape index (κ3) is 7.58. The number of carbonyl (C=O) groups is 2. The molecule has 0 spiro atoms. The van der Waals surface area contributed by atoms with Gasteiger partial charge in [-0.25, -0.2) is 12.8 Å². The largest absolute Gasteiger partial charge is 0.352 e. The van der Waals surface area contributed by atoms with Crippen LogP contribution in [0.2, 0.25) is 10.0 Å². The van der Waals surface area contributed by atoms with Gasteiger partial charge in [-0.15, -0.1) is 0 Å². The molecule has 0 fully saturated rings. The molecule has 0 aliphatic rings. The number of carbonyl (C=O) groups excluding carboxylic acids is 2. The van der Waals surface area contributed by atoms with Gasteiger partial charge in [0, 0.05) is 17.6 Å². The Morgan fingerprint density at radius 2 is 1.71 bits per heavy atom. The van der Waals surface area contributed by atoms with Crippen LogP contribution in [0.1, 0.15) is 32.8 Å². The Kier molecular flexibility index (Phi) is 9.73. The van der Waals surface area contributed by atoms with E-state index in [1.54, 1.807) is 31.2 Å². The molecule has 0 heterocycles. The van der Waals surface area contributed by atoms with Gasteiger partial charge in [0.15, 0.2) is 0 Å². The summed E-state index contributed by atoms with van der Waals surface area (Å²) in [6.07, 6.45) is 1.64. The molecule has 1 N–H and O–H groups in total. The molecule has 2 rings (SSSR count). The van der Waals surface area contributed by atoms with Crippen molar-refractivity contribution in [2.45, 2.75) is 45.8 Å². The first-order valence-corrected chi connectivity index (χ1v) is 13.2. The van der Waals surface area contributed by atoms with Crippen molar-refractivity contribution in [1.82, 2.24) is 10.2 Å². The van der Waals surface area contributed by atoms with Crippen LogP contribution in [0, 0.1) is 5.82 Å². The molecule has 34 heavy (non-hydrogen) atoms. The maximum atomic E-state index is 13.6. The van der Waals surface area contributed by atoms with E-state index in [-0.39, 0.29) is 29.2 Å². The number of hydrogen-bond acceptors (Lipinski definition) is 4. The molecule has 0 bridgehead atoms. The molecule has 186 valence electrons. The van der Waals surface area contributed by atoms with E-state index in [2.05, 4.69) is 5.32 Å². The van der Waals surface area contributed by atoms with Crippen molar-refractivity contribution in [2.24, 2.45) is 0 Å². The van der Waals surface area contributed by atoms with Gasteiger partial charge in [0.1, 0.15) is 18.4 Å². The third-order valence-electron chi connectivity index (χ3n) is 5.30. The molecule has 2 aromatic carbocycles. The predicted molar refractivity (Wildman–Crippen MR) is 133 cm³/mol. The highest BCUT2D eigenvalue weighted by Crippen LogP contribution is 2.25. The molecule has 0 saturated heterocycles. The molecule has 0 aromatic heterocycles. The van der Waals surface area contributed by atoms with E-state index in [1.807, 2.05) is 13.8 Å². The molecule has 0 unspecified atom stereocenters. The highest BCUT2D eigenvalue weighted by molar-refractivity contribution is 7.92. The Hall–Kier alpha value is -2.36. The lowest BCUT2D eigenvalue weighted by atomic mass is 10.1. The van der Waals surface area contributed by atoms with E-state index in [0.29, 0.717) is 17.0 Å². The van der Waals surface area contributed by atoms with E-state index in [1.165, 1.54) is 11.0 Å². The second kappa shape index (κ2) is 11.9. The normalized spacial score (nSPS) is 13.1. The quantitative estimate of drug-likeness (QED) is 0.496. The standard InChI is InChI=1S/C23H28Cl2FN3O4S/c1-5-15(2)27-23(31)16(3)28(13-17-6-8-18(24)9-7-17)22(30)14-29(34(4,32)33)19-10-11-21(26)20(25)12-19/h6-12,15-16H,5,13-14H2,1-4H3,(H,27,31)/t15-,16-/m1/s1. The average molecular weight is 532 g/mol. The number of rotatable bonds is 10. The van der Waals surface area contributed by atoms with Crippen molar-refractivity contribution < 1.29 is 22.4 Å². The number of nitrogens with zero attached hydrogens (tertiary/aromatic N) is 2. The van der Waals surface area contributed by atoms with Crippen molar-refractivity contribution in [3.63, 3.8) is 0 Å². The molecule has 2 amide bonds. The van der Waals surface area contributed by atoms with Crippen LogP contribution in [-0.2, 0) is 26.2 Å². The summed E-state index contributed by atoms with van der Waals surface area (Å²) in [5.74, 6) is -1.70. The molecule has 11 heteroatoms. The smallest absolute Gasteiger partial charge is 0.244 e. The summed E-state index contributed by atoms with van der Waals surface area (Å²) in [5.41, 5.74) is 0.738. The fraction of sp³-hybridized carbons (Fsp3) is 0.391. The van der Waals surface area contributed by atoms with Crippen LogP contribution in [0.5, 0.6) is 0 Å². The Labute approximate surface area is 209 Å². The number of sulfonamides is 1. The van der Waals surface area contributed by atoms with Crippen molar-refractivity contribution in [1.29, 1.82) is 0 Å².